The van der Waals surface area contributed by atoms with Gasteiger partial charge in [-0.3, -0.25) is 9.69 Å². The number of aryl methyl sites for hydroxylation is 1. The third-order valence-corrected chi connectivity index (χ3v) is 5.45. The summed E-state index contributed by atoms with van der Waals surface area (Å²) in [4.78, 5) is 14.1. The van der Waals surface area contributed by atoms with E-state index in [0.29, 0.717) is 5.92 Å². The van der Waals surface area contributed by atoms with Crippen LogP contribution in [0.15, 0.2) is 24.3 Å². The van der Waals surface area contributed by atoms with Crippen LogP contribution in [0.4, 0.5) is 0 Å². The molecule has 2 aromatic rings. The Kier molecular flexibility index (Phi) is 5.19. The van der Waals surface area contributed by atoms with Gasteiger partial charge in [0, 0.05) is 19.6 Å². The molecule has 3 rings (SSSR count). The molecule has 3 nitrogen and oxygen atoms in total. The van der Waals surface area contributed by atoms with E-state index in [0.717, 1.165) is 41.9 Å². The summed E-state index contributed by atoms with van der Waals surface area (Å²) in [5.41, 5.74) is 9.58. The van der Waals surface area contributed by atoms with Crippen molar-refractivity contribution in [3.8, 4) is 11.1 Å². The Labute approximate surface area is 156 Å². The average Bonchev–Trinajstić information content (AvgIpc) is 2.97. The number of carbonyl (C=O) groups is 1. The summed E-state index contributed by atoms with van der Waals surface area (Å²) in [6.07, 6.45) is 0.0767. The molecule has 3 heteroatoms. The highest BCUT2D eigenvalue weighted by Gasteiger charge is 2.28. The van der Waals surface area contributed by atoms with Gasteiger partial charge in [0.25, 0.3) is 0 Å². The molecule has 0 atom stereocenters. The van der Waals surface area contributed by atoms with E-state index >= 15 is 0 Å². The maximum atomic E-state index is 11.6. The van der Waals surface area contributed by atoms with Crippen molar-refractivity contribution < 1.29 is 9.90 Å². The summed E-state index contributed by atoms with van der Waals surface area (Å²) in [5.74, 6) is -0.141. The molecule has 0 spiro atoms. The van der Waals surface area contributed by atoms with Crippen LogP contribution < -0.4 is 0 Å². The minimum absolute atomic E-state index is 0.0767. The van der Waals surface area contributed by atoms with E-state index in [9.17, 15) is 9.90 Å². The Morgan fingerprint density at radius 1 is 1.04 bits per heavy atom. The number of carboxylic acid groups (broad SMARTS) is 1. The molecule has 2 aromatic carbocycles. The largest absolute Gasteiger partial charge is 0.481 e. The fourth-order valence-electron chi connectivity index (χ4n) is 4.26. The zero-order valence-electron chi connectivity index (χ0n) is 16.5. The van der Waals surface area contributed by atoms with E-state index in [1.165, 1.54) is 22.3 Å². The van der Waals surface area contributed by atoms with Gasteiger partial charge in [-0.15, -0.1) is 0 Å². The zero-order chi connectivity index (χ0) is 19.0. The van der Waals surface area contributed by atoms with Crippen molar-refractivity contribution in [3.63, 3.8) is 0 Å². The second-order valence-corrected chi connectivity index (χ2v) is 8.06. The lowest BCUT2D eigenvalue weighted by Crippen LogP contribution is -2.21. The number of hydrogen-bond acceptors (Lipinski definition) is 2. The molecule has 0 saturated carbocycles. The van der Waals surface area contributed by atoms with Gasteiger partial charge in [0.05, 0.1) is 6.42 Å². The molecule has 138 valence electrons. The van der Waals surface area contributed by atoms with Crippen LogP contribution >= 0.6 is 0 Å². The first-order valence-electron chi connectivity index (χ1n) is 9.42. The minimum Gasteiger partial charge on any atom is -0.481 e. The molecular weight excluding hydrogens is 322 g/mol. The highest BCUT2D eigenvalue weighted by atomic mass is 16.4. The van der Waals surface area contributed by atoms with E-state index in [1.54, 1.807) is 0 Å². The Hall–Kier alpha value is -2.13. The van der Waals surface area contributed by atoms with Crippen LogP contribution in [0.2, 0.25) is 0 Å². The molecule has 1 heterocycles. The number of carboxylic acids is 1. The number of benzene rings is 2. The smallest absolute Gasteiger partial charge is 0.307 e. The van der Waals surface area contributed by atoms with Crippen LogP contribution in [0.5, 0.6) is 0 Å². The monoisotopic (exact) mass is 351 g/mol. The molecule has 0 amide bonds. The first kappa shape index (κ1) is 18.7. The molecular formula is C23H29NO2. The van der Waals surface area contributed by atoms with Crippen molar-refractivity contribution in [2.24, 2.45) is 5.92 Å². The van der Waals surface area contributed by atoms with Gasteiger partial charge in [-0.1, -0.05) is 43.7 Å². The van der Waals surface area contributed by atoms with Crippen LogP contribution in [0, 0.1) is 26.7 Å². The third kappa shape index (κ3) is 3.54. The molecule has 0 aromatic heterocycles. The van der Waals surface area contributed by atoms with Gasteiger partial charge in [-0.25, -0.2) is 0 Å². The normalized spacial score (nSPS) is 14.1. The van der Waals surface area contributed by atoms with Gasteiger partial charge in [-0.05, 0) is 65.6 Å². The molecule has 0 fully saturated rings. The lowest BCUT2D eigenvalue weighted by atomic mass is 9.84. The fraction of sp³-hybridized carbons (Fsp3) is 0.435. The minimum atomic E-state index is -0.766. The summed E-state index contributed by atoms with van der Waals surface area (Å²) < 4.78 is 0. The maximum absolute atomic E-state index is 11.6. The SMILES string of the molecule is Cc1ccc(-c2c(C)c3c(c(C)c2CC(=O)O)CN(CC(C)C)C3)cc1. The summed E-state index contributed by atoms with van der Waals surface area (Å²) >= 11 is 0. The molecule has 1 aliphatic heterocycles. The highest BCUT2D eigenvalue weighted by Crippen LogP contribution is 2.39. The second-order valence-electron chi connectivity index (χ2n) is 8.06. The van der Waals surface area contributed by atoms with E-state index in [2.05, 4.69) is 63.8 Å². The van der Waals surface area contributed by atoms with Crippen LogP contribution in [0.1, 0.15) is 47.2 Å². The predicted octanol–water partition coefficient (Wildman–Crippen LogP) is 4.88. The molecule has 1 aliphatic rings. The average molecular weight is 351 g/mol. The summed E-state index contributed by atoms with van der Waals surface area (Å²) in [7, 11) is 0. The van der Waals surface area contributed by atoms with Gasteiger partial charge in [0.1, 0.15) is 0 Å². The number of rotatable bonds is 5. The highest BCUT2D eigenvalue weighted by molar-refractivity contribution is 5.81. The first-order chi connectivity index (χ1) is 12.3. The maximum Gasteiger partial charge on any atom is 0.307 e. The molecule has 0 radical (unpaired) electrons. The summed E-state index contributed by atoms with van der Waals surface area (Å²) in [5, 5.41) is 9.51. The van der Waals surface area contributed by atoms with Crippen LogP contribution in [-0.4, -0.2) is 22.5 Å². The van der Waals surface area contributed by atoms with Crippen molar-refractivity contribution in [1.29, 1.82) is 0 Å². The zero-order valence-corrected chi connectivity index (χ0v) is 16.5. The standard InChI is InChI=1S/C23H29NO2/c1-14(2)11-24-12-20-16(4)19(10-22(25)26)23(17(5)21(20)13-24)18-8-6-15(3)7-9-18/h6-9,14H,10-13H2,1-5H3,(H,25,26). The Bertz CT molecular complexity index is 835. The first-order valence-corrected chi connectivity index (χ1v) is 9.42. The Balaban J connectivity index is 2.16. The fourth-order valence-corrected chi connectivity index (χ4v) is 4.26. The van der Waals surface area contributed by atoms with Crippen molar-refractivity contribution in [3.05, 3.63) is 57.6 Å². The number of fused-ring (bicyclic) bond motifs is 1. The van der Waals surface area contributed by atoms with Crippen LogP contribution in [0.3, 0.4) is 0 Å². The van der Waals surface area contributed by atoms with Gasteiger partial charge in [0.2, 0.25) is 0 Å². The van der Waals surface area contributed by atoms with Crippen molar-refractivity contribution in [2.75, 3.05) is 6.54 Å². The van der Waals surface area contributed by atoms with Crippen molar-refractivity contribution in [2.45, 2.75) is 54.1 Å². The lowest BCUT2D eigenvalue weighted by Gasteiger charge is -2.20. The van der Waals surface area contributed by atoms with Gasteiger partial charge < -0.3 is 5.11 Å². The van der Waals surface area contributed by atoms with E-state index in [-0.39, 0.29) is 6.42 Å². The predicted molar refractivity (Wildman–Crippen MR) is 106 cm³/mol. The number of aliphatic carboxylic acids is 1. The topological polar surface area (TPSA) is 40.5 Å². The van der Waals surface area contributed by atoms with Gasteiger partial charge >= 0.3 is 5.97 Å². The molecule has 0 saturated heterocycles. The Morgan fingerprint density at radius 2 is 1.62 bits per heavy atom. The molecule has 0 unspecified atom stereocenters. The molecule has 1 N–H and O–H groups in total. The van der Waals surface area contributed by atoms with E-state index in [1.807, 2.05) is 0 Å². The van der Waals surface area contributed by atoms with Crippen LogP contribution in [0.25, 0.3) is 11.1 Å². The molecule has 0 bridgehead atoms. The molecule has 26 heavy (non-hydrogen) atoms. The van der Waals surface area contributed by atoms with Gasteiger partial charge in [0.15, 0.2) is 0 Å². The van der Waals surface area contributed by atoms with Crippen molar-refractivity contribution >= 4 is 5.97 Å². The summed E-state index contributed by atoms with van der Waals surface area (Å²) in [6, 6.07) is 8.45. The third-order valence-electron chi connectivity index (χ3n) is 5.45. The summed E-state index contributed by atoms with van der Waals surface area (Å²) in [6.45, 7) is 13.8. The number of hydrogen-bond donors (Lipinski definition) is 1. The van der Waals surface area contributed by atoms with Gasteiger partial charge in [-0.2, -0.15) is 0 Å². The molecule has 0 aliphatic carbocycles. The number of nitrogens with zero attached hydrogens (tertiary/aromatic N) is 1. The van der Waals surface area contributed by atoms with Crippen LogP contribution in [-0.2, 0) is 24.3 Å². The van der Waals surface area contributed by atoms with E-state index in [4.69, 9.17) is 0 Å². The lowest BCUT2D eigenvalue weighted by molar-refractivity contribution is -0.136. The second kappa shape index (κ2) is 7.24. The van der Waals surface area contributed by atoms with E-state index < -0.39 is 5.97 Å². The van der Waals surface area contributed by atoms with Crippen molar-refractivity contribution in [1.82, 2.24) is 4.90 Å². The Morgan fingerprint density at radius 3 is 2.15 bits per heavy atom. The quantitative estimate of drug-likeness (QED) is 0.835.